The molecule has 0 saturated carbocycles. The summed E-state index contributed by atoms with van der Waals surface area (Å²) in [6.07, 6.45) is 2.23. The SMILES string of the molecule is Cc1nnc2n1CC(CNC(=O)CC1=C(c3ccccc3)CCC1=O)C2. The van der Waals surface area contributed by atoms with Gasteiger partial charge in [-0.2, -0.15) is 0 Å². The molecule has 0 saturated heterocycles. The molecule has 4 rings (SSSR count). The van der Waals surface area contributed by atoms with Gasteiger partial charge >= 0.3 is 0 Å². The van der Waals surface area contributed by atoms with Crippen LogP contribution in [0.25, 0.3) is 5.57 Å². The van der Waals surface area contributed by atoms with E-state index < -0.39 is 0 Å². The van der Waals surface area contributed by atoms with E-state index in [1.807, 2.05) is 37.3 Å². The van der Waals surface area contributed by atoms with Crippen molar-refractivity contribution in [1.82, 2.24) is 20.1 Å². The van der Waals surface area contributed by atoms with Gasteiger partial charge in [-0.25, -0.2) is 0 Å². The van der Waals surface area contributed by atoms with Crippen LogP contribution >= 0.6 is 0 Å². The number of carbonyl (C=O) groups is 2. The van der Waals surface area contributed by atoms with Crippen LogP contribution in [-0.4, -0.2) is 33.0 Å². The molecule has 0 radical (unpaired) electrons. The Kier molecular flexibility index (Phi) is 4.41. The zero-order valence-corrected chi connectivity index (χ0v) is 14.9. The molecule has 1 aliphatic heterocycles. The van der Waals surface area contributed by atoms with Crippen molar-refractivity contribution in [3.8, 4) is 0 Å². The van der Waals surface area contributed by atoms with Gasteiger partial charge < -0.3 is 9.88 Å². The third-order valence-corrected chi connectivity index (χ3v) is 5.27. The molecule has 1 atom stereocenters. The Labute approximate surface area is 152 Å². The summed E-state index contributed by atoms with van der Waals surface area (Å²) in [6.45, 7) is 3.38. The van der Waals surface area contributed by atoms with Gasteiger partial charge in [0, 0.05) is 37.4 Å². The van der Waals surface area contributed by atoms with Crippen molar-refractivity contribution in [2.24, 2.45) is 5.92 Å². The first-order chi connectivity index (χ1) is 12.6. The molecular formula is C20H22N4O2. The number of aryl methyl sites for hydroxylation is 1. The maximum atomic E-state index is 12.4. The number of nitrogens with zero attached hydrogens (tertiary/aromatic N) is 3. The summed E-state index contributed by atoms with van der Waals surface area (Å²) >= 11 is 0. The number of hydrogen-bond acceptors (Lipinski definition) is 4. The van der Waals surface area contributed by atoms with E-state index in [1.165, 1.54) is 0 Å². The summed E-state index contributed by atoms with van der Waals surface area (Å²) in [4.78, 5) is 24.7. The second-order valence-corrected chi connectivity index (χ2v) is 7.07. The van der Waals surface area contributed by atoms with Crippen LogP contribution in [0.5, 0.6) is 0 Å². The van der Waals surface area contributed by atoms with Gasteiger partial charge in [0.2, 0.25) is 5.91 Å². The quantitative estimate of drug-likeness (QED) is 0.896. The fourth-order valence-electron chi connectivity index (χ4n) is 3.88. The standard InChI is InChI=1S/C20H22N4O2/c1-13-22-23-19-9-14(12-24(13)19)11-21-20(26)10-17-16(7-8-18(17)25)15-5-3-2-4-6-15/h2-6,14H,7-12H2,1H3,(H,21,26). The number of Topliss-reactive ketones (excluding diaryl/α,β-unsaturated/α-hetero) is 1. The first-order valence-corrected chi connectivity index (χ1v) is 9.08. The number of fused-ring (bicyclic) bond motifs is 1. The van der Waals surface area contributed by atoms with Crippen molar-refractivity contribution in [3.05, 3.63) is 53.1 Å². The smallest absolute Gasteiger partial charge is 0.224 e. The lowest BCUT2D eigenvalue weighted by Crippen LogP contribution is -2.30. The number of nitrogens with one attached hydrogen (secondary N) is 1. The summed E-state index contributed by atoms with van der Waals surface area (Å²) in [6, 6.07) is 9.88. The van der Waals surface area contributed by atoms with Gasteiger partial charge in [-0.3, -0.25) is 9.59 Å². The van der Waals surface area contributed by atoms with E-state index in [1.54, 1.807) is 0 Å². The molecule has 2 heterocycles. The Bertz CT molecular complexity index is 882. The molecule has 1 aliphatic carbocycles. The average Bonchev–Trinajstić information content (AvgIpc) is 3.31. The van der Waals surface area contributed by atoms with Crippen molar-refractivity contribution in [1.29, 1.82) is 0 Å². The fraction of sp³-hybridized carbons (Fsp3) is 0.400. The topological polar surface area (TPSA) is 76.9 Å². The van der Waals surface area contributed by atoms with Crippen molar-refractivity contribution >= 4 is 17.3 Å². The molecule has 134 valence electrons. The monoisotopic (exact) mass is 350 g/mol. The maximum Gasteiger partial charge on any atom is 0.224 e. The van der Waals surface area contributed by atoms with E-state index in [4.69, 9.17) is 0 Å². The van der Waals surface area contributed by atoms with E-state index >= 15 is 0 Å². The van der Waals surface area contributed by atoms with Crippen molar-refractivity contribution in [2.45, 2.75) is 39.2 Å². The lowest BCUT2D eigenvalue weighted by molar-refractivity contribution is -0.122. The lowest BCUT2D eigenvalue weighted by atomic mass is 10.00. The van der Waals surface area contributed by atoms with Gasteiger partial charge in [-0.1, -0.05) is 30.3 Å². The van der Waals surface area contributed by atoms with E-state index in [0.29, 0.717) is 24.5 Å². The van der Waals surface area contributed by atoms with E-state index in [0.717, 1.165) is 42.2 Å². The summed E-state index contributed by atoms with van der Waals surface area (Å²) in [5.74, 6) is 2.26. The summed E-state index contributed by atoms with van der Waals surface area (Å²) in [5.41, 5.74) is 2.74. The van der Waals surface area contributed by atoms with Crippen molar-refractivity contribution < 1.29 is 9.59 Å². The van der Waals surface area contributed by atoms with Gasteiger partial charge in [-0.15, -0.1) is 10.2 Å². The third kappa shape index (κ3) is 3.19. The van der Waals surface area contributed by atoms with Gasteiger partial charge in [0.15, 0.2) is 5.78 Å². The first kappa shape index (κ1) is 16.7. The highest BCUT2D eigenvalue weighted by Gasteiger charge is 2.27. The minimum absolute atomic E-state index is 0.0805. The van der Waals surface area contributed by atoms with Gasteiger partial charge in [0.05, 0.1) is 6.42 Å². The number of amides is 1. The van der Waals surface area contributed by atoms with Gasteiger partial charge in [0.1, 0.15) is 11.6 Å². The van der Waals surface area contributed by atoms with Crippen LogP contribution in [0, 0.1) is 12.8 Å². The van der Waals surface area contributed by atoms with E-state index in [-0.39, 0.29) is 18.1 Å². The molecule has 0 bridgehead atoms. The number of ketones is 1. The van der Waals surface area contributed by atoms with Crippen LogP contribution in [0.3, 0.4) is 0 Å². The highest BCUT2D eigenvalue weighted by atomic mass is 16.2. The van der Waals surface area contributed by atoms with Gasteiger partial charge in [0.25, 0.3) is 0 Å². The Balaban J connectivity index is 1.38. The second-order valence-electron chi connectivity index (χ2n) is 7.07. The van der Waals surface area contributed by atoms with E-state index in [2.05, 4.69) is 20.1 Å². The molecule has 2 aromatic rings. The highest BCUT2D eigenvalue weighted by molar-refractivity contribution is 6.10. The molecule has 2 aliphatic rings. The Morgan fingerprint density at radius 1 is 1.23 bits per heavy atom. The summed E-state index contributed by atoms with van der Waals surface area (Å²) in [7, 11) is 0. The normalized spacial score (nSPS) is 19.1. The number of aromatic nitrogens is 3. The summed E-state index contributed by atoms with van der Waals surface area (Å²) < 4.78 is 2.10. The maximum absolute atomic E-state index is 12.4. The van der Waals surface area contributed by atoms with Crippen LogP contribution in [0.15, 0.2) is 35.9 Å². The highest BCUT2D eigenvalue weighted by Crippen LogP contribution is 2.33. The van der Waals surface area contributed by atoms with Crippen molar-refractivity contribution in [2.75, 3.05) is 6.54 Å². The van der Waals surface area contributed by atoms with Gasteiger partial charge in [-0.05, 0) is 24.5 Å². The zero-order chi connectivity index (χ0) is 18.1. The second kappa shape index (κ2) is 6.86. The lowest BCUT2D eigenvalue weighted by Gasteiger charge is -2.12. The van der Waals surface area contributed by atoms with Crippen LogP contribution in [0.2, 0.25) is 0 Å². The van der Waals surface area contributed by atoms with Crippen LogP contribution in [0.4, 0.5) is 0 Å². The predicted molar refractivity (Wildman–Crippen MR) is 97.2 cm³/mol. The fourth-order valence-corrected chi connectivity index (χ4v) is 3.88. The number of carbonyl (C=O) groups excluding carboxylic acids is 2. The van der Waals surface area contributed by atoms with Crippen molar-refractivity contribution in [3.63, 3.8) is 0 Å². The molecule has 1 N–H and O–H groups in total. The molecule has 1 unspecified atom stereocenters. The van der Waals surface area contributed by atoms with Crippen LogP contribution in [0.1, 0.15) is 36.5 Å². The molecular weight excluding hydrogens is 328 g/mol. The molecule has 0 spiro atoms. The number of allylic oxidation sites excluding steroid dienone is 1. The molecule has 1 amide bonds. The Morgan fingerprint density at radius 2 is 2.04 bits per heavy atom. The Hall–Kier alpha value is -2.76. The largest absolute Gasteiger partial charge is 0.355 e. The zero-order valence-electron chi connectivity index (χ0n) is 14.9. The molecule has 6 nitrogen and oxygen atoms in total. The molecule has 26 heavy (non-hydrogen) atoms. The van der Waals surface area contributed by atoms with Crippen LogP contribution < -0.4 is 5.32 Å². The number of benzene rings is 1. The molecule has 1 aromatic heterocycles. The molecule has 1 aromatic carbocycles. The average molecular weight is 350 g/mol. The minimum atomic E-state index is -0.0805. The summed E-state index contributed by atoms with van der Waals surface area (Å²) in [5, 5.41) is 11.2. The van der Waals surface area contributed by atoms with Crippen LogP contribution in [-0.2, 0) is 22.6 Å². The number of hydrogen-bond donors (Lipinski definition) is 1. The van der Waals surface area contributed by atoms with E-state index in [9.17, 15) is 9.59 Å². The molecule has 0 fully saturated rings. The predicted octanol–water partition coefficient (Wildman–Crippen LogP) is 2.08. The molecule has 6 heteroatoms. The Morgan fingerprint density at radius 3 is 2.81 bits per heavy atom. The third-order valence-electron chi connectivity index (χ3n) is 5.27. The minimum Gasteiger partial charge on any atom is -0.355 e. The first-order valence-electron chi connectivity index (χ1n) is 9.08. The number of rotatable bonds is 5.